The molecular formula is C19H19NO. The van der Waals surface area contributed by atoms with E-state index >= 15 is 0 Å². The van der Waals surface area contributed by atoms with E-state index in [-0.39, 0.29) is 6.04 Å². The van der Waals surface area contributed by atoms with Crippen LogP contribution in [0.2, 0.25) is 0 Å². The maximum absolute atomic E-state index is 6.30. The van der Waals surface area contributed by atoms with E-state index in [4.69, 9.17) is 10.2 Å². The molecule has 2 N–H and O–H groups in total. The molecule has 0 aliphatic rings. The van der Waals surface area contributed by atoms with E-state index < -0.39 is 0 Å². The first-order valence-corrected chi connectivity index (χ1v) is 7.16. The fourth-order valence-corrected chi connectivity index (χ4v) is 2.57. The van der Waals surface area contributed by atoms with Crippen LogP contribution in [-0.2, 0) is 6.42 Å². The first-order chi connectivity index (χ1) is 10.2. The Hall–Kier alpha value is -2.32. The number of benzene rings is 2. The van der Waals surface area contributed by atoms with Gasteiger partial charge in [-0.1, -0.05) is 54.6 Å². The summed E-state index contributed by atoms with van der Waals surface area (Å²) in [4.78, 5) is 0. The topological polar surface area (TPSA) is 39.2 Å². The number of nitrogens with two attached hydrogens (primary N) is 1. The van der Waals surface area contributed by atoms with Crippen molar-refractivity contribution >= 4 is 0 Å². The summed E-state index contributed by atoms with van der Waals surface area (Å²) in [6, 6.07) is 20.8. The highest BCUT2D eigenvalue weighted by Gasteiger charge is 2.13. The third-order valence-electron chi connectivity index (χ3n) is 3.82. The molecule has 1 atom stereocenters. The van der Waals surface area contributed by atoms with Crippen molar-refractivity contribution in [1.29, 1.82) is 0 Å². The largest absolute Gasteiger partial charge is 0.469 e. The zero-order valence-corrected chi connectivity index (χ0v) is 12.1. The lowest BCUT2D eigenvalue weighted by atomic mass is 9.97. The van der Waals surface area contributed by atoms with Gasteiger partial charge in [-0.2, -0.15) is 0 Å². The molecule has 1 aromatic heterocycles. The fraction of sp³-hybridized carbons (Fsp3) is 0.158. The predicted molar refractivity (Wildman–Crippen MR) is 85.2 cm³/mol. The Morgan fingerprint density at radius 3 is 2.19 bits per heavy atom. The van der Waals surface area contributed by atoms with Crippen molar-refractivity contribution in [3.05, 3.63) is 94.9 Å². The number of rotatable bonds is 4. The van der Waals surface area contributed by atoms with E-state index in [9.17, 15) is 0 Å². The lowest BCUT2D eigenvalue weighted by Crippen LogP contribution is -2.12. The molecule has 0 radical (unpaired) electrons. The van der Waals surface area contributed by atoms with Crippen molar-refractivity contribution in [2.75, 3.05) is 0 Å². The molecule has 0 bridgehead atoms. The van der Waals surface area contributed by atoms with Gasteiger partial charge < -0.3 is 10.2 Å². The van der Waals surface area contributed by atoms with Crippen molar-refractivity contribution in [1.82, 2.24) is 0 Å². The molecular weight excluding hydrogens is 258 g/mol. The normalized spacial score (nSPS) is 12.3. The second-order valence-corrected chi connectivity index (χ2v) is 5.31. The van der Waals surface area contributed by atoms with E-state index in [2.05, 4.69) is 48.5 Å². The van der Waals surface area contributed by atoms with E-state index in [0.29, 0.717) is 0 Å². The Morgan fingerprint density at radius 2 is 1.57 bits per heavy atom. The summed E-state index contributed by atoms with van der Waals surface area (Å²) in [5.74, 6) is 0.885. The minimum Gasteiger partial charge on any atom is -0.469 e. The predicted octanol–water partition coefficient (Wildman–Crippen LogP) is 4.23. The Bertz CT molecular complexity index is 698. The summed E-state index contributed by atoms with van der Waals surface area (Å²) in [7, 11) is 0. The minimum atomic E-state index is -0.130. The third-order valence-corrected chi connectivity index (χ3v) is 3.82. The third kappa shape index (κ3) is 3.06. The standard InChI is InChI=1S/C19H19NO/c1-14-18(11-12-21-14)19(20)17-9-7-16(8-10-17)13-15-5-3-2-4-6-15/h2-12,19H,13,20H2,1H3. The number of hydrogen-bond acceptors (Lipinski definition) is 2. The van der Waals surface area contributed by atoms with Crippen LogP contribution in [0, 0.1) is 6.92 Å². The molecule has 0 spiro atoms. The highest BCUT2D eigenvalue weighted by molar-refractivity contribution is 5.35. The molecule has 106 valence electrons. The summed E-state index contributed by atoms with van der Waals surface area (Å²) >= 11 is 0. The van der Waals surface area contributed by atoms with Gasteiger partial charge in [0.15, 0.2) is 0 Å². The van der Waals surface area contributed by atoms with Crippen LogP contribution in [0.15, 0.2) is 71.3 Å². The molecule has 0 aliphatic heterocycles. The van der Waals surface area contributed by atoms with Crippen molar-refractivity contribution in [3.8, 4) is 0 Å². The zero-order chi connectivity index (χ0) is 14.7. The molecule has 21 heavy (non-hydrogen) atoms. The summed E-state index contributed by atoms with van der Waals surface area (Å²) in [6.45, 7) is 1.94. The molecule has 2 aromatic carbocycles. The monoisotopic (exact) mass is 277 g/mol. The van der Waals surface area contributed by atoms with Crippen LogP contribution >= 0.6 is 0 Å². The molecule has 0 aliphatic carbocycles. The second kappa shape index (κ2) is 5.98. The van der Waals surface area contributed by atoms with Crippen LogP contribution in [0.3, 0.4) is 0 Å². The van der Waals surface area contributed by atoms with E-state index in [1.165, 1.54) is 11.1 Å². The lowest BCUT2D eigenvalue weighted by molar-refractivity contribution is 0.527. The highest BCUT2D eigenvalue weighted by atomic mass is 16.3. The van der Waals surface area contributed by atoms with E-state index in [0.717, 1.165) is 23.3 Å². The molecule has 1 heterocycles. The molecule has 0 saturated heterocycles. The SMILES string of the molecule is Cc1occc1C(N)c1ccc(Cc2ccccc2)cc1. The van der Waals surface area contributed by atoms with Gasteiger partial charge in [-0.05, 0) is 36.1 Å². The van der Waals surface area contributed by atoms with Gasteiger partial charge in [0.2, 0.25) is 0 Å². The van der Waals surface area contributed by atoms with Gasteiger partial charge in [0.25, 0.3) is 0 Å². The Kier molecular flexibility index (Phi) is 3.89. The second-order valence-electron chi connectivity index (χ2n) is 5.31. The summed E-state index contributed by atoms with van der Waals surface area (Å²) < 4.78 is 5.33. The van der Waals surface area contributed by atoms with Crippen LogP contribution < -0.4 is 5.73 Å². The van der Waals surface area contributed by atoms with Gasteiger partial charge in [-0.25, -0.2) is 0 Å². The van der Waals surface area contributed by atoms with Crippen molar-refractivity contribution in [3.63, 3.8) is 0 Å². The van der Waals surface area contributed by atoms with Crippen LogP contribution in [0.4, 0.5) is 0 Å². The van der Waals surface area contributed by atoms with E-state index in [1.54, 1.807) is 6.26 Å². The molecule has 1 unspecified atom stereocenters. The summed E-state index contributed by atoms with van der Waals surface area (Å²) in [6.07, 6.45) is 2.63. The number of hydrogen-bond donors (Lipinski definition) is 1. The van der Waals surface area contributed by atoms with Crippen LogP contribution in [0.1, 0.15) is 34.1 Å². The van der Waals surface area contributed by atoms with Gasteiger partial charge >= 0.3 is 0 Å². The first kappa shape index (κ1) is 13.7. The molecule has 0 fully saturated rings. The van der Waals surface area contributed by atoms with Gasteiger partial charge in [-0.3, -0.25) is 0 Å². The quantitative estimate of drug-likeness (QED) is 0.775. The minimum absolute atomic E-state index is 0.130. The molecule has 3 rings (SSSR count). The average Bonchev–Trinajstić information content (AvgIpc) is 2.94. The molecule has 0 saturated carbocycles. The van der Waals surface area contributed by atoms with Gasteiger partial charge in [0, 0.05) is 5.56 Å². The Labute approximate surface area is 125 Å². The molecule has 0 amide bonds. The highest BCUT2D eigenvalue weighted by Crippen LogP contribution is 2.24. The molecule has 2 nitrogen and oxygen atoms in total. The maximum atomic E-state index is 6.30. The van der Waals surface area contributed by atoms with Crippen LogP contribution in [0.5, 0.6) is 0 Å². The van der Waals surface area contributed by atoms with Crippen LogP contribution in [-0.4, -0.2) is 0 Å². The first-order valence-electron chi connectivity index (χ1n) is 7.16. The Morgan fingerprint density at radius 1 is 0.905 bits per heavy atom. The van der Waals surface area contributed by atoms with Gasteiger partial charge in [0.05, 0.1) is 12.3 Å². The van der Waals surface area contributed by atoms with Crippen molar-refractivity contribution in [2.45, 2.75) is 19.4 Å². The number of furan rings is 1. The van der Waals surface area contributed by atoms with Crippen molar-refractivity contribution in [2.24, 2.45) is 5.73 Å². The van der Waals surface area contributed by atoms with Gasteiger partial charge in [-0.15, -0.1) is 0 Å². The van der Waals surface area contributed by atoms with Gasteiger partial charge in [0.1, 0.15) is 5.76 Å². The summed E-state index contributed by atoms with van der Waals surface area (Å²) in [5.41, 5.74) is 11.1. The van der Waals surface area contributed by atoms with E-state index in [1.807, 2.05) is 19.1 Å². The van der Waals surface area contributed by atoms with Crippen molar-refractivity contribution < 1.29 is 4.42 Å². The maximum Gasteiger partial charge on any atom is 0.105 e. The fourth-order valence-electron chi connectivity index (χ4n) is 2.57. The average molecular weight is 277 g/mol. The number of aryl methyl sites for hydroxylation is 1. The zero-order valence-electron chi connectivity index (χ0n) is 12.1. The smallest absolute Gasteiger partial charge is 0.105 e. The molecule has 2 heteroatoms. The Balaban J connectivity index is 1.77. The summed E-state index contributed by atoms with van der Waals surface area (Å²) in [5, 5.41) is 0. The molecule has 3 aromatic rings. The lowest BCUT2D eigenvalue weighted by Gasteiger charge is -2.12. The van der Waals surface area contributed by atoms with Crippen LogP contribution in [0.25, 0.3) is 0 Å².